The van der Waals surface area contributed by atoms with Crippen molar-refractivity contribution in [1.82, 2.24) is 4.90 Å². The average Bonchev–Trinajstić information content (AvgIpc) is 2.75. The molecule has 0 radical (unpaired) electrons. The second-order valence-electron chi connectivity index (χ2n) is 11.3. The van der Waals surface area contributed by atoms with Gasteiger partial charge in [-0.3, -0.25) is 0 Å². The molecule has 4 aliphatic rings. The van der Waals surface area contributed by atoms with Crippen LogP contribution < -0.4 is 0 Å². The Morgan fingerprint density at radius 2 is 1.91 bits per heavy atom. The van der Waals surface area contributed by atoms with Crippen molar-refractivity contribution in [3.05, 3.63) is 81.5 Å². The maximum atomic E-state index is 12.7. The first kappa shape index (κ1) is 24.8. The van der Waals surface area contributed by atoms with E-state index >= 15 is 0 Å². The molecule has 4 atom stereocenters. The van der Waals surface area contributed by atoms with E-state index in [4.69, 9.17) is 0 Å². The van der Waals surface area contributed by atoms with Crippen molar-refractivity contribution in [2.45, 2.75) is 78.4 Å². The van der Waals surface area contributed by atoms with Gasteiger partial charge in [0, 0.05) is 23.5 Å². The van der Waals surface area contributed by atoms with Gasteiger partial charge in [-0.1, -0.05) is 62.6 Å². The van der Waals surface area contributed by atoms with E-state index in [2.05, 4.69) is 84.3 Å². The third kappa shape index (κ3) is 3.24. The minimum Gasteiger partial charge on any atom is -0.380 e. The van der Waals surface area contributed by atoms with Crippen LogP contribution in [-0.4, -0.2) is 35.7 Å². The van der Waals surface area contributed by atoms with Crippen molar-refractivity contribution in [1.29, 1.82) is 0 Å². The van der Waals surface area contributed by atoms with Crippen LogP contribution in [0.5, 0.6) is 0 Å². The van der Waals surface area contributed by atoms with Crippen molar-refractivity contribution in [3.8, 4) is 11.8 Å². The molecule has 1 saturated carbocycles. The summed E-state index contributed by atoms with van der Waals surface area (Å²) in [4.78, 5) is 2.24. The number of hydrogen-bond donors (Lipinski definition) is 1. The van der Waals surface area contributed by atoms with Gasteiger partial charge in [0.05, 0.1) is 0 Å². The SMILES string of the molecule is C=C(C)C1=C[C@@H](N(C)C)[C@]2(C)C[C@@H]3CC4=C(C#CCC)CCC(C)=C4C(=C)C3=C(C)[C@]2(O)C1=C. The number of likely N-dealkylation sites (N-methyl/N-ethyl adjacent to an activating group) is 1. The molecule has 34 heavy (non-hydrogen) atoms. The number of hydrogen-bond acceptors (Lipinski definition) is 2. The molecule has 0 unspecified atom stereocenters. The Bertz CT molecular complexity index is 1190. The highest BCUT2D eigenvalue weighted by molar-refractivity contribution is 5.70. The Kier molecular flexibility index (Phi) is 6.12. The van der Waals surface area contributed by atoms with Crippen LogP contribution in [-0.2, 0) is 0 Å². The fourth-order valence-electron chi connectivity index (χ4n) is 7.38. The van der Waals surface area contributed by atoms with Crippen LogP contribution in [0.4, 0.5) is 0 Å². The van der Waals surface area contributed by atoms with Crippen LogP contribution in [0.3, 0.4) is 0 Å². The van der Waals surface area contributed by atoms with Crippen molar-refractivity contribution in [2.24, 2.45) is 11.3 Å². The van der Waals surface area contributed by atoms with Gasteiger partial charge in [0.2, 0.25) is 0 Å². The third-order valence-electron chi connectivity index (χ3n) is 8.94. The zero-order valence-corrected chi connectivity index (χ0v) is 22.3. The van der Waals surface area contributed by atoms with Gasteiger partial charge in [0.1, 0.15) is 5.60 Å². The molecule has 0 aromatic carbocycles. The minimum absolute atomic E-state index is 0.0674. The molecule has 0 saturated heterocycles. The smallest absolute Gasteiger partial charge is 0.118 e. The highest BCUT2D eigenvalue weighted by atomic mass is 16.3. The van der Waals surface area contributed by atoms with E-state index in [0.717, 1.165) is 60.0 Å². The van der Waals surface area contributed by atoms with Gasteiger partial charge >= 0.3 is 0 Å². The molecular weight excluding hydrogens is 414 g/mol. The second kappa shape index (κ2) is 8.40. The molecule has 0 aromatic rings. The average molecular weight is 456 g/mol. The summed E-state index contributed by atoms with van der Waals surface area (Å²) in [5.41, 5.74) is 9.91. The fraction of sp³-hybridized carbons (Fsp3) is 0.500. The maximum absolute atomic E-state index is 12.7. The first-order valence-electron chi connectivity index (χ1n) is 12.7. The predicted octanol–water partition coefficient (Wildman–Crippen LogP) is 6.84. The summed E-state index contributed by atoms with van der Waals surface area (Å²) >= 11 is 0. The predicted molar refractivity (Wildman–Crippen MR) is 144 cm³/mol. The molecule has 2 heteroatoms. The lowest BCUT2D eigenvalue weighted by atomic mass is 9.48. The number of allylic oxidation sites excluding steroid dienone is 7. The van der Waals surface area contributed by atoms with Crippen LogP contribution in [0, 0.1) is 23.2 Å². The second-order valence-corrected chi connectivity index (χ2v) is 11.3. The summed E-state index contributed by atoms with van der Waals surface area (Å²) in [7, 11) is 4.22. The molecule has 0 spiro atoms. The van der Waals surface area contributed by atoms with E-state index in [-0.39, 0.29) is 6.04 Å². The molecular formula is C32H41NO. The van der Waals surface area contributed by atoms with Gasteiger partial charge in [-0.05, 0) is 105 Å². The van der Waals surface area contributed by atoms with Crippen LogP contribution >= 0.6 is 0 Å². The summed E-state index contributed by atoms with van der Waals surface area (Å²) < 4.78 is 0. The normalized spacial score (nSPS) is 33.3. The van der Waals surface area contributed by atoms with E-state index < -0.39 is 11.0 Å². The Hall–Kier alpha value is -2.34. The van der Waals surface area contributed by atoms with Crippen LogP contribution in [0.15, 0.2) is 81.5 Å². The topological polar surface area (TPSA) is 23.5 Å². The zero-order chi connectivity index (χ0) is 25.2. The summed E-state index contributed by atoms with van der Waals surface area (Å²) in [5.74, 6) is 7.12. The maximum Gasteiger partial charge on any atom is 0.118 e. The van der Waals surface area contributed by atoms with Crippen molar-refractivity contribution >= 4 is 0 Å². The van der Waals surface area contributed by atoms with Gasteiger partial charge in [-0.25, -0.2) is 0 Å². The molecule has 1 N–H and O–H groups in total. The molecule has 0 heterocycles. The molecule has 4 rings (SSSR count). The summed E-state index contributed by atoms with van der Waals surface area (Å²) in [5, 5.41) is 12.7. The molecule has 0 amide bonds. The van der Waals surface area contributed by atoms with E-state index in [9.17, 15) is 5.11 Å². The fourth-order valence-corrected chi connectivity index (χ4v) is 7.38. The minimum atomic E-state index is -1.14. The number of nitrogens with zero attached hydrogens (tertiary/aromatic N) is 1. The monoisotopic (exact) mass is 455 g/mol. The molecule has 0 aliphatic heterocycles. The van der Waals surface area contributed by atoms with E-state index in [1.165, 1.54) is 27.9 Å². The molecule has 1 fully saturated rings. The largest absolute Gasteiger partial charge is 0.380 e. The Morgan fingerprint density at radius 1 is 1.24 bits per heavy atom. The summed E-state index contributed by atoms with van der Waals surface area (Å²) in [6, 6.07) is 0.0674. The van der Waals surface area contributed by atoms with Crippen molar-refractivity contribution in [3.63, 3.8) is 0 Å². The quantitative estimate of drug-likeness (QED) is 0.461. The summed E-state index contributed by atoms with van der Waals surface area (Å²) in [6.07, 6.45) is 7.06. The van der Waals surface area contributed by atoms with E-state index in [1.807, 2.05) is 6.92 Å². The number of aliphatic hydroxyl groups is 1. The Morgan fingerprint density at radius 3 is 2.50 bits per heavy atom. The van der Waals surface area contributed by atoms with Crippen LogP contribution in [0.2, 0.25) is 0 Å². The van der Waals surface area contributed by atoms with Gasteiger partial charge in [0.25, 0.3) is 0 Å². The van der Waals surface area contributed by atoms with Crippen LogP contribution in [0.25, 0.3) is 0 Å². The molecule has 4 aliphatic carbocycles. The van der Waals surface area contributed by atoms with Crippen molar-refractivity contribution in [2.75, 3.05) is 14.1 Å². The standard InChI is InChI=1S/C32H41NO/c1-11-12-13-24-15-14-20(4)29-21(5)30-23(7)32(34)22(6)26(19(2)3)17-28(33(9)10)31(32,8)18-25(30)16-27(24)29/h17,25,28,34H,2,5-6,11,14-16,18H2,1,3-4,7-10H3/t25-,28+,31-,32+/m0/s1. The zero-order valence-electron chi connectivity index (χ0n) is 22.3. The molecule has 2 nitrogen and oxygen atoms in total. The first-order chi connectivity index (χ1) is 15.9. The van der Waals surface area contributed by atoms with Crippen molar-refractivity contribution < 1.29 is 5.11 Å². The highest BCUT2D eigenvalue weighted by Crippen LogP contribution is 2.63. The van der Waals surface area contributed by atoms with Gasteiger partial charge in [-0.15, -0.1) is 0 Å². The molecule has 0 bridgehead atoms. The van der Waals surface area contributed by atoms with Gasteiger partial charge < -0.3 is 10.0 Å². The molecule has 180 valence electrons. The van der Waals surface area contributed by atoms with Crippen LogP contribution in [0.1, 0.15) is 66.7 Å². The Balaban J connectivity index is 1.97. The first-order valence-corrected chi connectivity index (χ1v) is 12.7. The molecule has 0 aromatic heterocycles. The highest BCUT2D eigenvalue weighted by Gasteiger charge is 2.62. The van der Waals surface area contributed by atoms with Gasteiger partial charge in [-0.2, -0.15) is 0 Å². The Labute approximate surface area is 207 Å². The number of fused-ring (bicyclic) bond motifs is 3. The number of rotatable bonds is 2. The summed E-state index contributed by atoms with van der Waals surface area (Å²) in [6.45, 7) is 24.1. The van der Waals surface area contributed by atoms with Gasteiger partial charge in [0.15, 0.2) is 0 Å². The lowest BCUT2D eigenvalue weighted by molar-refractivity contribution is -0.0731. The van der Waals surface area contributed by atoms with E-state index in [0.29, 0.717) is 5.92 Å². The lowest BCUT2D eigenvalue weighted by Gasteiger charge is -2.60. The lowest BCUT2D eigenvalue weighted by Crippen LogP contribution is -2.63. The third-order valence-corrected chi connectivity index (χ3v) is 8.94. The van der Waals surface area contributed by atoms with E-state index in [1.54, 1.807) is 0 Å².